The van der Waals surface area contributed by atoms with Crippen molar-refractivity contribution in [3.8, 4) is 0 Å². The van der Waals surface area contributed by atoms with Crippen LogP contribution in [0.15, 0.2) is 0 Å². The maximum Gasteiger partial charge on any atom is 0.0695 e. The van der Waals surface area contributed by atoms with Gasteiger partial charge in [0.2, 0.25) is 0 Å². The maximum absolute atomic E-state index is 5.63. The molecule has 0 aromatic carbocycles. The molecular formula is C9H21NO. The summed E-state index contributed by atoms with van der Waals surface area (Å²) in [5.41, 5.74) is 5.63. The summed E-state index contributed by atoms with van der Waals surface area (Å²) in [7, 11) is 0. The second kappa shape index (κ2) is 5.56. The van der Waals surface area contributed by atoms with E-state index in [1.165, 1.54) is 0 Å². The number of nitrogens with two attached hydrogens (primary N) is 1. The molecule has 0 aliphatic heterocycles. The Bertz CT molecular complexity index is 91.6. The Kier molecular flexibility index (Phi) is 5.51. The lowest BCUT2D eigenvalue weighted by Crippen LogP contribution is -2.31. The van der Waals surface area contributed by atoms with E-state index in [0.717, 1.165) is 18.9 Å². The van der Waals surface area contributed by atoms with E-state index in [1.54, 1.807) is 0 Å². The maximum atomic E-state index is 5.63. The first-order valence-corrected chi connectivity index (χ1v) is 4.41. The van der Waals surface area contributed by atoms with Gasteiger partial charge < -0.3 is 10.5 Å². The van der Waals surface area contributed by atoms with Crippen molar-refractivity contribution >= 4 is 0 Å². The molecule has 2 heteroatoms. The van der Waals surface area contributed by atoms with Gasteiger partial charge in [-0.05, 0) is 26.2 Å². The molecule has 68 valence electrons. The van der Waals surface area contributed by atoms with Crippen LogP contribution in [0.1, 0.15) is 34.1 Å². The fourth-order valence-corrected chi connectivity index (χ4v) is 0.641. The lowest BCUT2D eigenvalue weighted by atomic mass is 10.1. The standard InChI is InChI=1S/C9H21NO/c1-7(2)5-6-11-9(4)8(3)10/h7-9H,5-6,10H2,1-4H3/t8-,9?/m1/s1. The van der Waals surface area contributed by atoms with E-state index in [2.05, 4.69) is 13.8 Å². The van der Waals surface area contributed by atoms with Crippen LogP contribution in [0.2, 0.25) is 0 Å². The summed E-state index contributed by atoms with van der Waals surface area (Å²) in [5, 5.41) is 0. The highest BCUT2D eigenvalue weighted by atomic mass is 16.5. The van der Waals surface area contributed by atoms with E-state index in [0.29, 0.717) is 0 Å². The second-order valence-corrected chi connectivity index (χ2v) is 3.62. The van der Waals surface area contributed by atoms with Crippen molar-refractivity contribution in [3.05, 3.63) is 0 Å². The van der Waals surface area contributed by atoms with Crippen LogP contribution >= 0.6 is 0 Å². The van der Waals surface area contributed by atoms with Gasteiger partial charge in [0.05, 0.1) is 6.10 Å². The average molecular weight is 159 g/mol. The summed E-state index contributed by atoms with van der Waals surface area (Å²) in [5.74, 6) is 0.718. The molecule has 0 heterocycles. The molecule has 0 aliphatic carbocycles. The first-order chi connectivity index (χ1) is 5.04. The van der Waals surface area contributed by atoms with Gasteiger partial charge in [0.1, 0.15) is 0 Å². The predicted molar refractivity (Wildman–Crippen MR) is 48.5 cm³/mol. The molecule has 0 radical (unpaired) electrons. The van der Waals surface area contributed by atoms with Crippen molar-refractivity contribution < 1.29 is 4.74 Å². The molecule has 2 atom stereocenters. The van der Waals surface area contributed by atoms with Gasteiger partial charge >= 0.3 is 0 Å². The number of hydrogen-bond donors (Lipinski definition) is 1. The molecule has 0 aromatic heterocycles. The van der Waals surface area contributed by atoms with Crippen molar-refractivity contribution in [1.29, 1.82) is 0 Å². The Morgan fingerprint density at radius 3 is 2.09 bits per heavy atom. The van der Waals surface area contributed by atoms with E-state index < -0.39 is 0 Å². The largest absolute Gasteiger partial charge is 0.377 e. The molecule has 0 spiro atoms. The number of rotatable bonds is 5. The van der Waals surface area contributed by atoms with E-state index in [4.69, 9.17) is 10.5 Å². The highest BCUT2D eigenvalue weighted by Crippen LogP contribution is 2.02. The Labute approximate surface area is 70.1 Å². The van der Waals surface area contributed by atoms with Crippen LogP contribution in [0.4, 0.5) is 0 Å². The molecule has 0 saturated heterocycles. The molecule has 0 bridgehead atoms. The number of hydrogen-bond acceptors (Lipinski definition) is 2. The lowest BCUT2D eigenvalue weighted by Gasteiger charge is -2.16. The average Bonchev–Trinajstić information content (AvgIpc) is 1.86. The van der Waals surface area contributed by atoms with Crippen LogP contribution in [0.25, 0.3) is 0 Å². The smallest absolute Gasteiger partial charge is 0.0695 e. The fraction of sp³-hybridized carbons (Fsp3) is 1.00. The van der Waals surface area contributed by atoms with Crippen molar-refractivity contribution in [2.24, 2.45) is 11.7 Å². The zero-order valence-corrected chi connectivity index (χ0v) is 8.13. The zero-order chi connectivity index (χ0) is 8.85. The van der Waals surface area contributed by atoms with Crippen LogP contribution in [-0.4, -0.2) is 18.8 Å². The molecule has 0 amide bonds. The third kappa shape index (κ3) is 6.32. The van der Waals surface area contributed by atoms with Crippen molar-refractivity contribution in [2.45, 2.75) is 46.3 Å². The third-order valence-corrected chi connectivity index (χ3v) is 1.82. The molecule has 0 fully saturated rings. The minimum Gasteiger partial charge on any atom is -0.377 e. The summed E-state index contributed by atoms with van der Waals surface area (Å²) in [6.07, 6.45) is 1.31. The third-order valence-electron chi connectivity index (χ3n) is 1.82. The Balaban J connectivity index is 3.24. The topological polar surface area (TPSA) is 35.2 Å². The first-order valence-electron chi connectivity index (χ1n) is 4.41. The van der Waals surface area contributed by atoms with Gasteiger partial charge in [0, 0.05) is 12.6 Å². The van der Waals surface area contributed by atoms with E-state index in [9.17, 15) is 0 Å². The predicted octanol–water partition coefficient (Wildman–Crippen LogP) is 1.78. The zero-order valence-electron chi connectivity index (χ0n) is 8.13. The quantitative estimate of drug-likeness (QED) is 0.663. The molecule has 2 nitrogen and oxygen atoms in total. The lowest BCUT2D eigenvalue weighted by molar-refractivity contribution is 0.0457. The van der Waals surface area contributed by atoms with Crippen LogP contribution < -0.4 is 5.73 Å². The fourth-order valence-electron chi connectivity index (χ4n) is 0.641. The molecular weight excluding hydrogens is 138 g/mol. The molecule has 0 aliphatic rings. The minimum atomic E-state index is 0.141. The van der Waals surface area contributed by atoms with Gasteiger partial charge in [0.25, 0.3) is 0 Å². The highest BCUT2D eigenvalue weighted by molar-refractivity contribution is 4.62. The molecule has 2 N–H and O–H groups in total. The molecule has 0 aromatic rings. The molecule has 11 heavy (non-hydrogen) atoms. The SMILES string of the molecule is CC(C)CCOC(C)[C@@H](C)N. The monoisotopic (exact) mass is 159 g/mol. The molecule has 0 saturated carbocycles. The van der Waals surface area contributed by atoms with Crippen LogP contribution in [0.5, 0.6) is 0 Å². The number of ether oxygens (including phenoxy) is 1. The Morgan fingerprint density at radius 2 is 1.73 bits per heavy atom. The summed E-state index contributed by atoms with van der Waals surface area (Å²) >= 11 is 0. The van der Waals surface area contributed by atoms with Crippen LogP contribution in [0.3, 0.4) is 0 Å². The van der Waals surface area contributed by atoms with Crippen LogP contribution in [-0.2, 0) is 4.74 Å². The van der Waals surface area contributed by atoms with E-state index in [-0.39, 0.29) is 12.1 Å². The van der Waals surface area contributed by atoms with Crippen LogP contribution in [0, 0.1) is 5.92 Å². The summed E-state index contributed by atoms with van der Waals surface area (Å²) in [6, 6.07) is 0.141. The second-order valence-electron chi connectivity index (χ2n) is 3.62. The highest BCUT2D eigenvalue weighted by Gasteiger charge is 2.06. The van der Waals surface area contributed by atoms with E-state index in [1.807, 2.05) is 13.8 Å². The minimum absolute atomic E-state index is 0.141. The molecule has 0 rings (SSSR count). The van der Waals surface area contributed by atoms with Gasteiger partial charge in [-0.25, -0.2) is 0 Å². The van der Waals surface area contributed by atoms with Gasteiger partial charge in [-0.15, -0.1) is 0 Å². The van der Waals surface area contributed by atoms with Crippen molar-refractivity contribution in [2.75, 3.05) is 6.61 Å². The Hall–Kier alpha value is -0.0800. The van der Waals surface area contributed by atoms with Gasteiger partial charge in [-0.3, -0.25) is 0 Å². The van der Waals surface area contributed by atoms with Gasteiger partial charge in [-0.1, -0.05) is 13.8 Å². The summed E-state index contributed by atoms with van der Waals surface area (Å²) in [6.45, 7) is 9.21. The van der Waals surface area contributed by atoms with Crippen molar-refractivity contribution in [1.82, 2.24) is 0 Å². The van der Waals surface area contributed by atoms with E-state index >= 15 is 0 Å². The Morgan fingerprint density at radius 1 is 1.18 bits per heavy atom. The summed E-state index contributed by atoms with van der Waals surface area (Å²) in [4.78, 5) is 0. The first kappa shape index (κ1) is 10.9. The van der Waals surface area contributed by atoms with Crippen molar-refractivity contribution in [3.63, 3.8) is 0 Å². The molecule has 1 unspecified atom stereocenters. The summed E-state index contributed by atoms with van der Waals surface area (Å²) < 4.78 is 5.49. The normalized spacial score (nSPS) is 16.9. The van der Waals surface area contributed by atoms with Gasteiger partial charge in [0.15, 0.2) is 0 Å². The van der Waals surface area contributed by atoms with Gasteiger partial charge in [-0.2, -0.15) is 0 Å².